The third kappa shape index (κ3) is 4.90. The van der Waals surface area contributed by atoms with Crippen molar-refractivity contribution < 1.29 is 9.18 Å². The van der Waals surface area contributed by atoms with Crippen molar-refractivity contribution in [3.8, 4) is 0 Å². The first-order valence-electron chi connectivity index (χ1n) is 8.20. The molecule has 1 atom stereocenters. The van der Waals surface area contributed by atoms with Crippen LogP contribution in [0.3, 0.4) is 0 Å². The van der Waals surface area contributed by atoms with Crippen LogP contribution in [0.5, 0.6) is 0 Å². The van der Waals surface area contributed by atoms with E-state index < -0.39 is 0 Å². The number of halogens is 2. The predicted octanol–water partition coefficient (Wildman–Crippen LogP) is 2.51. The zero-order chi connectivity index (χ0) is 16.8. The van der Waals surface area contributed by atoms with E-state index in [1.807, 2.05) is 13.8 Å². The van der Waals surface area contributed by atoms with Crippen LogP contribution < -0.4 is 5.32 Å². The molecule has 128 valence electrons. The van der Waals surface area contributed by atoms with Gasteiger partial charge in [0.15, 0.2) is 0 Å². The van der Waals surface area contributed by atoms with Gasteiger partial charge in [-0.15, -0.1) is 0 Å². The molecule has 0 bridgehead atoms. The first-order chi connectivity index (χ1) is 11.0. The van der Waals surface area contributed by atoms with Crippen LogP contribution in [-0.4, -0.2) is 54.5 Å². The fourth-order valence-corrected chi connectivity index (χ4v) is 3.00. The van der Waals surface area contributed by atoms with Crippen LogP contribution in [0.4, 0.5) is 4.39 Å². The van der Waals surface area contributed by atoms with Crippen LogP contribution in [-0.2, 0) is 11.3 Å². The lowest BCUT2D eigenvalue weighted by atomic mass is 10.1. The molecule has 4 nitrogen and oxygen atoms in total. The van der Waals surface area contributed by atoms with E-state index in [1.165, 1.54) is 6.07 Å². The molecule has 1 amide bonds. The van der Waals surface area contributed by atoms with Crippen LogP contribution in [0.15, 0.2) is 18.2 Å². The summed E-state index contributed by atoms with van der Waals surface area (Å²) in [6, 6.07) is 4.66. The fourth-order valence-electron chi connectivity index (χ4n) is 2.78. The highest BCUT2D eigenvalue weighted by atomic mass is 35.5. The highest BCUT2D eigenvalue weighted by Crippen LogP contribution is 2.21. The summed E-state index contributed by atoms with van der Waals surface area (Å²) < 4.78 is 13.9. The maximum absolute atomic E-state index is 13.9. The van der Waals surface area contributed by atoms with Gasteiger partial charge in [-0.3, -0.25) is 14.6 Å². The Morgan fingerprint density at radius 2 is 2.04 bits per heavy atom. The molecule has 1 aromatic rings. The van der Waals surface area contributed by atoms with Crippen molar-refractivity contribution in [1.82, 2.24) is 15.1 Å². The van der Waals surface area contributed by atoms with Crippen molar-refractivity contribution in [2.75, 3.05) is 32.7 Å². The standard InChI is InChI=1S/C17H25ClFN3O/c1-3-7-20-17(23)13(2)22-10-8-21(9-11-22)12-14-15(18)5-4-6-16(14)19/h4-6,13H,3,7-12H2,1-2H3,(H,20,23). The van der Waals surface area contributed by atoms with Gasteiger partial charge in [0.2, 0.25) is 5.91 Å². The Balaban J connectivity index is 1.85. The number of hydrogen-bond acceptors (Lipinski definition) is 3. The minimum atomic E-state index is -0.257. The Morgan fingerprint density at radius 3 is 2.65 bits per heavy atom. The van der Waals surface area contributed by atoms with Crippen LogP contribution in [0, 0.1) is 5.82 Å². The molecule has 1 aromatic carbocycles. The number of rotatable bonds is 6. The fraction of sp³-hybridized carbons (Fsp3) is 0.588. The lowest BCUT2D eigenvalue weighted by Crippen LogP contribution is -2.53. The average Bonchev–Trinajstić information content (AvgIpc) is 2.56. The third-order valence-electron chi connectivity index (χ3n) is 4.33. The summed E-state index contributed by atoms with van der Waals surface area (Å²) in [5.41, 5.74) is 0.552. The number of carbonyl (C=O) groups is 1. The Bertz CT molecular complexity index is 512. The number of benzene rings is 1. The highest BCUT2D eigenvalue weighted by molar-refractivity contribution is 6.31. The molecule has 0 saturated carbocycles. The van der Waals surface area contributed by atoms with E-state index in [0.717, 1.165) is 39.1 Å². The molecule has 1 N–H and O–H groups in total. The SMILES string of the molecule is CCCNC(=O)C(C)N1CCN(Cc2c(F)cccc2Cl)CC1. The summed E-state index contributed by atoms with van der Waals surface area (Å²) in [6.45, 7) is 8.41. The molecule has 0 aromatic heterocycles. The summed E-state index contributed by atoms with van der Waals surface area (Å²) in [4.78, 5) is 16.4. The lowest BCUT2D eigenvalue weighted by Gasteiger charge is -2.37. The van der Waals surface area contributed by atoms with E-state index in [4.69, 9.17) is 11.6 Å². The van der Waals surface area contributed by atoms with Crippen molar-refractivity contribution in [2.45, 2.75) is 32.9 Å². The van der Waals surface area contributed by atoms with Gasteiger partial charge in [0, 0.05) is 49.9 Å². The van der Waals surface area contributed by atoms with Gasteiger partial charge < -0.3 is 5.32 Å². The molecule has 2 rings (SSSR count). The minimum Gasteiger partial charge on any atom is -0.355 e. The molecule has 1 saturated heterocycles. The zero-order valence-corrected chi connectivity index (χ0v) is 14.6. The second-order valence-electron chi connectivity index (χ2n) is 5.98. The number of amides is 1. The van der Waals surface area contributed by atoms with E-state index in [0.29, 0.717) is 17.1 Å². The quantitative estimate of drug-likeness (QED) is 0.863. The van der Waals surface area contributed by atoms with Gasteiger partial charge in [0.05, 0.1) is 6.04 Å². The van der Waals surface area contributed by atoms with Gasteiger partial charge >= 0.3 is 0 Å². The van der Waals surface area contributed by atoms with Crippen molar-refractivity contribution in [3.05, 3.63) is 34.6 Å². The van der Waals surface area contributed by atoms with Gasteiger partial charge in [-0.1, -0.05) is 24.6 Å². The highest BCUT2D eigenvalue weighted by Gasteiger charge is 2.25. The molecule has 0 aliphatic carbocycles. The van der Waals surface area contributed by atoms with Crippen LogP contribution in [0.25, 0.3) is 0 Å². The molecule has 0 spiro atoms. The monoisotopic (exact) mass is 341 g/mol. The molecule has 0 radical (unpaired) electrons. The van der Waals surface area contributed by atoms with Crippen molar-refractivity contribution in [3.63, 3.8) is 0 Å². The summed E-state index contributed by atoms with van der Waals surface area (Å²) >= 11 is 6.09. The van der Waals surface area contributed by atoms with E-state index in [9.17, 15) is 9.18 Å². The first kappa shape index (κ1) is 18.2. The maximum atomic E-state index is 13.9. The number of carbonyl (C=O) groups excluding carboxylic acids is 1. The smallest absolute Gasteiger partial charge is 0.237 e. The van der Waals surface area contributed by atoms with Gasteiger partial charge in [-0.25, -0.2) is 4.39 Å². The van der Waals surface area contributed by atoms with E-state index >= 15 is 0 Å². The Morgan fingerprint density at radius 1 is 1.35 bits per heavy atom. The molecule has 1 aliphatic heterocycles. The van der Waals surface area contributed by atoms with Crippen LogP contribution in [0.2, 0.25) is 5.02 Å². The lowest BCUT2D eigenvalue weighted by molar-refractivity contribution is -0.126. The Hall–Kier alpha value is -1.17. The average molecular weight is 342 g/mol. The maximum Gasteiger partial charge on any atom is 0.237 e. The van der Waals surface area contributed by atoms with E-state index in [2.05, 4.69) is 15.1 Å². The van der Waals surface area contributed by atoms with E-state index in [-0.39, 0.29) is 17.8 Å². The first-order valence-corrected chi connectivity index (χ1v) is 8.57. The molecule has 1 unspecified atom stereocenters. The van der Waals surface area contributed by atoms with Crippen molar-refractivity contribution in [2.24, 2.45) is 0 Å². The zero-order valence-electron chi connectivity index (χ0n) is 13.8. The summed E-state index contributed by atoms with van der Waals surface area (Å²) in [5.74, 6) is -0.176. The molecular formula is C17H25ClFN3O. The van der Waals surface area contributed by atoms with Crippen molar-refractivity contribution >= 4 is 17.5 Å². The third-order valence-corrected chi connectivity index (χ3v) is 4.68. The molecule has 23 heavy (non-hydrogen) atoms. The van der Waals surface area contributed by atoms with Gasteiger partial charge in [-0.05, 0) is 25.5 Å². The topological polar surface area (TPSA) is 35.6 Å². The summed E-state index contributed by atoms with van der Waals surface area (Å²) in [6.07, 6.45) is 0.940. The second kappa shape index (κ2) is 8.62. The molecule has 6 heteroatoms. The van der Waals surface area contributed by atoms with Crippen LogP contribution >= 0.6 is 11.6 Å². The van der Waals surface area contributed by atoms with Crippen LogP contribution in [0.1, 0.15) is 25.8 Å². The number of nitrogens with zero attached hydrogens (tertiary/aromatic N) is 2. The normalized spacial score (nSPS) is 17.9. The van der Waals surface area contributed by atoms with Crippen molar-refractivity contribution in [1.29, 1.82) is 0 Å². The molecule has 1 aliphatic rings. The largest absolute Gasteiger partial charge is 0.355 e. The molecule has 1 fully saturated rings. The van der Waals surface area contributed by atoms with Gasteiger partial charge in [-0.2, -0.15) is 0 Å². The minimum absolute atomic E-state index is 0.0810. The van der Waals surface area contributed by atoms with Gasteiger partial charge in [0.1, 0.15) is 5.82 Å². The van der Waals surface area contributed by atoms with E-state index in [1.54, 1.807) is 12.1 Å². The molecule has 1 heterocycles. The van der Waals surface area contributed by atoms with Gasteiger partial charge in [0.25, 0.3) is 0 Å². The number of nitrogens with one attached hydrogen (secondary N) is 1. The number of piperazine rings is 1. The Kier molecular flexibility index (Phi) is 6.81. The molecular weight excluding hydrogens is 317 g/mol. The second-order valence-corrected chi connectivity index (χ2v) is 6.39. The Labute approximate surface area is 142 Å². The summed E-state index contributed by atoms with van der Waals surface area (Å²) in [5, 5.41) is 3.41. The predicted molar refractivity (Wildman–Crippen MR) is 91.0 cm³/mol. The summed E-state index contributed by atoms with van der Waals surface area (Å²) in [7, 11) is 0. The number of hydrogen-bond donors (Lipinski definition) is 1.